The molecule has 5 nitrogen and oxygen atoms in total. The molecule has 0 bridgehead atoms. The Morgan fingerprint density at radius 2 is 2.14 bits per heavy atom. The molecule has 1 heterocycles. The Morgan fingerprint density at radius 1 is 1.43 bits per heavy atom. The molecule has 1 aliphatic heterocycles. The largest absolute Gasteiger partial charge is 0.355 e. The molecule has 1 aliphatic rings. The van der Waals surface area contributed by atoms with Crippen LogP contribution in [0.25, 0.3) is 0 Å². The van der Waals surface area contributed by atoms with Crippen molar-refractivity contribution in [1.29, 1.82) is 0 Å². The Hall–Kier alpha value is -1.50. The van der Waals surface area contributed by atoms with Crippen LogP contribution in [-0.4, -0.2) is 51.0 Å². The summed E-state index contributed by atoms with van der Waals surface area (Å²) in [6.07, 6.45) is -0.404. The molecule has 1 aromatic rings. The number of rotatable bonds is 5. The highest BCUT2D eigenvalue weighted by Crippen LogP contribution is 2.27. The third-order valence-electron chi connectivity index (χ3n) is 3.75. The van der Waals surface area contributed by atoms with Crippen LogP contribution in [0.4, 0.5) is 4.39 Å². The van der Waals surface area contributed by atoms with Crippen LogP contribution in [0.15, 0.2) is 18.2 Å². The van der Waals surface area contributed by atoms with Gasteiger partial charge in [-0.3, -0.25) is 9.69 Å². The van der Waals surface area contributed by atoms with Crippen molar-refractivity contribution in [3.63, 3.8) is 0 Å². The molecular formula is C15H21FN2O3. The Bertz CT molecular complexity index is 506. The summed E-state index contributed by atoms with van der Waals surface area (Å²) in [5.74, 6) is -0.382. The second kappa shape index (κ2) is 6.98. The first-order valence-electron chi connectivity index (χ1n) is 6.90. The second-order valence-corrected chi connectivity index (χ2v) is 5.09. The SMILES string of the molecule is COC(CN1CCNC(=O)[C@H]1c1ccc(F)cc1C)OC. The Kier molecular flexibility index (Phi) is 5.27. The first-order chi connectivity index (χ1) is 10.1. The van der Waals surface area contributed by atoms with Gasteiger partial charge in [0.05, 0.1) is 6.54 Å². The lowest BCUT2D eigenvalue weighted by molar-refractivity contribution is -0.140. The number of carbonyl (C=O) groups excluding carboxylic acids is 1. The van der Waals surface area contributed by atoms with Crippen LogP contribution >= 0.6 is 0 Å². The van der Waals surface area contributed by atoms with Crippen molar-refractivity contribution in [2.75, 3.05) is 33.9 Å². The predicted octanol–water partition coefficient (Wildman–Crippen LogP) is 1.23. The van der Waals surface area contributed by atoms with Gasteiger partial charge in [0.25, 0.3) is 0 Å². The molecule has 1 N–H and O–H groups in total. The number of methoxy groups -OCH3 is 2. The number of piperazine rings is 1. The van der Waals surface area contributed by atoms with E-state index in [1.165, 1.54) is 12.1 Å². The number of nitrogens with zero attached hydrogens (tertiary/aromatic N) is 1. The van der Waals surface area contributed by atoms with Crippen molar-refractivity contribution >= 4 is 5.91 Å². The van der Waals surface area contributed by atoms with E-state index in [0.717, 1.165) is 11.1 Å². The lowest BCUT2D eigenvalue weighted by Crippen LogP contribution is -2.52. The van der Waals surface area contributed by atoms with Crippen molar-refractivity contribution in [3.05, 3.63) is 35.1 Å². The van der Waals surface area contributed by atoms with Gasteiger partial charge in [0.2, 0.25) is 5.91 Å². The van der Waals surface area contributed by atoms with Gasteiger partial charge in [0.15, 0.2) is 6.29 Å². The number of ether oxygens (including phenoxy) is 2. The number of benzene rings is 1. The topological polar surface area (TPSA) is 50.8 Å². The van der Waals surface area contributed by atoms with Crippen LogP contribution in [0.3, 0.4) is 0 Å². The summed E-state index contributed by atoms with van der Waals surface area (Å²) in [6.45, 7) is 3.55. The molecule has 0 aromatic heterocycles. The highest BCUT2D eigenvalue weighted by atomic mass is 19.1. The summed E-state index contributed by atoms with van der Waals surface area (Å²) in [7, 11) is 3.13. The van der Waals surface area contributed by atoms with Crippen LogP contribution in [-0.2, 0) is 14.3 Å². The van der Waals surface area contributed by atoms with Gasteiger partial charge in [-0.25, -0.2) is 4.39 Å². The zero-order chi connectivity index (χ0) is 15.4. The first-order valence-corrected chi connectivity index (χ1v) is 6.90. The Balaban J connectivity index is 2.28. The van der Waals surface area contributed by atoms with Gasteiger partial charge in [-0.15, -0.1) is 0 Å². The monoisotopic (exact) mass is 296 g/mol. The van der Waals surface area contributed by atoms with E-state index in [2.05, 4.69) is 5.32 Å². The third kappa shape index (κ3) is 3.58. The molecule has 1 amide bonds. The maximum atomic E-state index is 13.3. The molecule has 0 unspecified atom stereocenters. The van der Waals surface area contributed by atoms with Crippen molar-refractivity contribution in [2.24, 2.45) is 0 Å². The molecule has 0 spiro atoms. The molecule has 6 heteroatoms. The molecule has 21 heavy (non-hydrogen) atoms. The summed E-state index contributed by atoms with van der Waals surface area (Å²) in [5.41, 5.74) is 1.56. The fraction of sp³-hybridized carbons (Fsp3) is 0.533. The average Bonchev–Trinajstić information content (AvgIpc) is 2.46. The maximum absolute atomic E-state index is 13.3. The maximum Gasteiger partial charge on any atom is 0.242 e. The molecular weight excluding hydrogens is 275 g/mol. The smallest absolute Gasteiger partial charge is 0.242 e. The van der Waals surface area contributed by atoms with Gasteiger partial charge in [-0.2, -0.15) is 0 Å². The van der Waals surface area contributed by atoms with Crippen LogP contribution in [0.5, 0.6) is 0 Å². The van der Waals surface area contributed by atoms with E-state index in [1.807, 2.05) is 11.8 Å². The molecule has 0 saturated carbocycles. The molecule has 1 fully saturated rings. The zero-order valence-electron chi connectivity index (χ0n) is 12.6. The Labute approximate surface area is 124 Å². The van der Waals surface area contributed by atoms with E-state index in [0.29, 0.717) is 19.6 Å². The number of hydrogen-bond donors (Lipinski definition) is 1. The van der Waals surface area contributed by atoms with Gasteiger partial charge < -0.3 is 14.8 Å². The van der Waals surface area contributed by atoms with E-state index in [-0.39, 0.29) is 11.7 Å². The number of halogens is 1. The van der Waals surface area contributed by atoms with E-state index in [1.54, 1.807) is 20.3 Å². The first kappa shape index (κ1) is 15.9. The van der Waals surface area contributed by atoms with Crippen LogP contribution in [0.1, 0.15) is 17.2 Å². The minimum absolute atomic E-state index is 0.0816. The minimum atomic E-state index is -0.452. The summed E-state index contributed by atoms with van der Waals surface area (Å²) in [6, 6.07) is 4.04. The average molecular weight is 296 g/mol. The fourth-order valence-electron chi connectivity index (χ4n) is 2.63. The fourth-order valence-corrected chi connectivity index (χ4v) is 2.63. The second-order valence-electron chi connectivity index (χ2n) is 5.09. The molecule has 1 aromatic carbocycles. The summed E-state index contributed by atoms with van der Waals surface area (Å²) < 4.78 is 23.7. The summed E-state index contributed by atoms with van der Waals surface area (Å²) >= 11 is 0. The van der Waals surface area contributed by atoms with Crippen LogP contribution in [0, 0.1) is 12.7 Å². The lowest BCUT2D eigenvalue weighted by Gasteiger charge is -2.37. The summed E-state index contributed by atoms with van der Waals surface area (Å²) in [4.78, 5) is 14.3. The molecule has 1 saturated heterocycles. The molecule has 116 valence electrons. The third-order valence-corrected chi connectivity index (χ3v) is 3.75. The molecule has 1 atom stereocenters. The number of amides is 1. The van der Waals surface area contributed by atoms with Crippen molar-refractivity contribution in [1.82, 2.24) is 10.2 Å². The van der Waals surface area contributed by atoms with Crippen LogP contribution < -0.4 is 5.32 Å². The predicted molar refractivity (Wildman–Crippen MR) is 76.3 cm³/mol. The summed E-state index contributed by atoms with van der Waals surface area (Å²) in [5, 5.41) is 2.86. The van der Waals surface area contributed by atoms with E-state index in [9.17, 15) is 9.18 Å². The Morgan fingerprint density at radius 3 is 2.76 bits per heavy atom. The number of hydrogen-bond acceptors (Lipinski definition) is 4. The lowest BCUT2D eigenvalue weighted by atomic mass is 9.97. The highest BCUT2D eigenvalue weighted by molar-refractivity contribution is 5.84. The van der Waals surface area contributed by atoms with Gasteiger partial charge in [0, 0.05) is 27.3 Å². The highest BCUT2D eigenvalue weighted by Gasteiger charge is 2.33. The van der Waals surface area contributed by atoms with Crippen molar-refractivity contribution in [2.45, 2.75) is 19.3 Å². The zero-order valence-corrected chi connectivity index (χ0v) is 12.6. The van der Waals surface area contributed by atoms with E-state index < -0.39 is 12.3 Å². The molecule has 0 aliphatic carbocycles. The van der Waals surface area contributed by atoms with Crippen LogP contribution in [0.2, 0.25) is 0 Å². The standard InChI is InChI=1S/C15H21FN2O3/c1-10-8-11(16)4-5-12(10)14-15(19)17-6-7-18(14)9-13(20-2)21-3/h4-5,8,13-14H,6-7,9H2,1-3H3,(H,17,19)/t14-/m1/s1. The van der Waals surface area contributed by atoms with E-state index >= 15 is 0 Å². The molecule has 2 rings (SSSR count). The quantitative estimate of drug-likeness (QED) is 0.830. The van der Waals surface area contributed by atoms with Gasteiger partial charge in [-0.05, 0) is 30.2 Å². The van der Waals surface area contributed by atoms with Gasteiger partial charge in [-0.1, -0.05) is 6.07 Å². The van der Waals surface area contributed by atoms with Crippen molar-refractivity contribution < 1.29 is 18.7 Å². The van der Waals surface area contributed by atoms with Crippen molar-refractivity contribution in [3.8, 4) is 0 Å². The number of aryl methyl sites for hydroxylation is 1. The number of carbonyl (C=O) groups is 1. The number of nitrogens with one attached hydrogen (secondary N) is 1. The minimum Gasteiger partial charge on any atom is -0.355 e. The van der Waals surface area contributed by atoms with Gasteiger partial charge in [0.1, 0.15) is 11.9 Å². The van der Waals surface area contributed by atoms with Gasteiger partial charge >= 0.3 is 0 Å². The van der Waals surface area contributed by atoms with E-state index in [4.69, 9.17) is 9.47 Å². The normalized spacial score (nSPS) is 19.9. The molecule has 0 radical (unpaired) electrons.